The van der Waals surface area contributed by atoms with Gasteiger partial charge in [-0.05, 0) is 24.4 Å². The summed E-state index contributed by atoms with van der Waals surface area (Å²) >= 11 is 0. The molecule has 1 aromatic carbocycles. The van der Waals surface area contributed by atoms with E-state index in [1.807, 2.05) is 18.2 Å². The third kappa shape index (κ3) is 6.57. The Hall–Kier alpha value is -1.55. The maximum atomic E-state index is 8.74. The van der Waals surface area contributed by atoms with Gasteiger partial charge < -0.3 is 16.3 Å². The van der Waals surface area contributed by atoms with Crippen molar-refractivity contribution >= 4 is 5.84 Å². The van der Waals surface area contributed by atoms with Gasteiger partial charge in [0.1, 0.15) is 5.84 Å². The Balaban J connectivity index is 2.47. The van der Waals surface area contributed by atoms with E-state index in [-0.39, 0.29) is 11.9 Å². The van der Waals surface area contributed by atoms with E-state index in [1.54, 1.807) is 0 Å². The average molecular weight is 277 g/mol. The zero-order chi connectivity index (χ0) is 14.8. The number of unbranched alkanes of at least 4 members (excludes halogenated alkanes) is 1. The summed E-state index contributed by atoms with van der Waals surface area (Å²) in [5.41, 5.74) is 6.81. The second-order valence-electron chi connectivity index (χ2n) is 5.60. The number of nitrogens with zero attached hydrogens (tertiary/aromatic N) is 1. The van der Waals surface area contributed by atoms with Crippen molar-refractivity contribution in [3.05, 3.63) is 35.9 Å². The lowest BCUT2D eigenvalue weighted by Gasteiger charge is -2.18. The lowest BCUT2D eigenvalue weighted by Crippen LogP contribution is -2.27. The third-order valence-corrected chi connectivity index (χ3v) is 3.34. The van der Waals surface area contributed by atoms with Crippen LogP contribution in [0.5, 0.6) is 0 Å². The lowest BCUT2D eigenvalue weighted by atomic mass is 10.0. The molecular formula is C16H27N3O. The summed E-state index contributed by atoms with van der Waals surface area (Å²) in [7, 11) is 0. The van der Waals surface area contributed by atoms with Gasteiger partial charge in [0.25, 0.3) is 0 Å². The summed E-state index contributed by atoms with van der Waals surface area (Å²) < 4.78 is 0. The van der Waals surface area contributed by atoms with E-state index in [0.717, 1.165) is 18.9 Å². The van der Waals surface area contributed by atoms with E-state index < -0.39 is 0 Å². The number of amidine groups is 1. The molecule has 0 fully saturated rings. The third-order valence-electron chi connectivity index (χ3n) is 3.34. The fraction of sp³-hybridized carbons (Fsp3) is 0.562. The van der Waals surface area contributed by atoms with Gasteiger partial charge in [-0.25, -0.2) is 0 Å². The minimum atomic E-state index is 0.103. The van der Waals surface area contributed by atoms with E-state index in [9.17, 15) is 0 Å². The van der Waals surface area contributed by atoms with Crippen molar-refractivity contribution in [2.45, 2.75) is 45.6 Å². The molecule has 0 aromatic heterocycles. The molecule has 20 heavy (non-hydrogen) atoms. The average Bonchev–Trinajstić information content (AvgIpc) is 2.46. The van der Waals surface area contributed by atoms with Crippen LogP contribution in [0.4, 0.5) is 0 Å². The van der Waals surface area contributed by atoms with Crippen molar-refractivity contribution in [3.8, 4) is 0 Å². The zero-order valence-electron chi connectivity index (χ0n) is 12.5. The molecule has 1 unspecified atom stereocenters. The Kier molecular flexibility index (Phi) is 7.73. The molecule has 4 nitrogen and oxygen atoms in total. The summed E-state index contributed by atoms with van der Waals surface area (Å²) in [6, 6.07) is 10.2. The molecule has 0 spiro atoms. The summed E-state index contributed by atoms with van der Waals surface area (Å²) in [4.78, 5) is 0. The smallest absolute Gasteiger partial charge is 0.141 e. The largest absolute Gasteiger partial charge is 0.409 e. The molecule has 0 aliphatic rings. The fourth-order valence-corrected chi connectivity index (χ4v) is 2.20. The normalized spacial score (nSPS) is 13.7. The van der Waals surface area contributed by atoms with Gasteiger partial charge in [0, 0.05) is 12.5 Å². The van der Waals surface area contributed by atoms with Crippen molar-refractivity contribution in [1.82, 2.24) is 5.32 Å². The van der Waals surface area contributed by atoms with Gasteiger partial charge in [0.05, 0.1) is 0 Å². The highest BCUT2D eigenvalue weighted by Crippen LogP contribution is 2.16. The quantitative estimate of drug-likeness (QED) is 0.213. The molecule has 0 radical (unpaired) electrons. The Bertz CT molecular complexity index is 390. The number of hydrogen-bond acceptors (Lipinski definition) is 3. The van der Waals surface area contributed by atoms with Crippen LogP contribution < -0.4 is 11.1 Å². The highest BCUT2D eigenvalue weighted by Gasteiger charge is 2.12. The van der Waals surface area contributed by atoms with Crippen molar-refractivity contribution in [3.63, 3.8) is 0 Å². The first-order valence-corrected chi connectivity index (χ1v) is 7.38. The van der Waals surface area contributed by atoms with E-state index in [0.29, 0.717) is 6.42 Å². The van der Waals surface area contributed by atoms with Gasteiger partial charge in [-0.3, -0.25) is 0 Å². The first-order valence-electron chi connectivity index (χ1n) is 7.38. The van der Waals surface area contributed by atoms with E-state index in [1.165, 1.54) is 18.4 Å². The van der Waals surface area contributed by atoms with Crippen LogP contribution in [0.1, 0.15) is 51.1 Å². The second-order valence-corrected chi connectivity index (χ2v) is 5.60. The van der Waals surface area contributed by atoms with Crippen molar-refractivity contribution in [2.75, 3.05) is 6.54 Å². The maximum absolute atomic E-state index is 8.74. The second kappa shape index (κ2) is 9.37. The minimum Gasteiger partial charge on any atom is -0.409 e. The number of rotatable bonds is 9. The van der Waals surface area contributed by atoms with E-state index >= 15 is 0 Å². The molecule has 0 aliphatic carbocycles. The molecule has 0 heterocycles. The molecule has 0 bridgehead atoms. The summed E-state index contributed by atoms with van der Waals surface area (Å²) in [6.45, 7) is 5.45. The SMILES string of the molecule is CC(C)CCCCNC(C/C(N)=N/O)c1ccccc1. The molecule has 0 amide bonds. The molecule has 1 rings (SSSR count). The van der Waals surface area contributed by atoms with Crippen LogP contribution in [0.2, 0.25) is 0 Å². The maximum Gasteiger partial charge on any atom is 0.141 e. The fourth-order valence-electron chi connectivity index (χ4n) is 2.20. The Labute approximate surface area is 122 Å². The molecule has 1 aromatic rings. The highest BCUT2D eigenvalue weighted by molar-refractivity contribution is 5.80. The number of nitrogens with one attached hydrogen (secondary N) is 1. The summed E-state index contributed by atoms with van der Waals surface area (Å²) in [5, 5.41) is 15.3. The van der Waals surface area contributed by atoms with E-state index in [2.05, 4.69) is 36.5 Å². The van der Waals surface area contributed by atoms with E-state index in [4.69, 9.17) is 10.9 Å². The first kappa shape index (κ1) is 16.5. The highest BCUT2D eigenvalue weighted by atomic mass is 16.4. The van der Waals surface area contributed by atoms with Gasteiger partial charge in [-0.1, -0.05) is 62.2 Å². The van der Waals surface area contributed by atoms with Gasteiger partial charge in [0.15, 0.2) is 0 Å². The Morgan fingerprint density at radius 2 is 1.95 bits per heavy atom. The predicted molar refractivity (Wildman–Crippen MR) is 83.9 cm³/mol. The summed E-state index contributed by atoms with van der Waals surface area (Å²) in [5.74, 6) is 1.02. The lowest BCUT2D eigenvalue weighted by molar-refractivity contribution is 0.315. The van der Waals surface area contributed by atoms with Gasteiger partial charge >= 0.3 is 0 Å². The topological polar surface area (TPSA) is 70.6 Å². The number of hydrogen-bond donors (Lipinski definition) is 3. The van der Waals surface area contributed by atoms with Crippen molar-refractivity contribution < 1.29 is 5.21 Å². The minimum absolute atomic E-state index is 0.103. The van der Waals surface area contributed by atoms with Crippen LogP contribution >= 0.6 is 0 Å². The number of benzene rings is 1. The van der Waals surface area contributed by atoms with Crippen LogP contribution in [-0.4, -0.2) is 17.6 Å². The van der Waals surface area contributed by atoms with Crippen LogP contribution in [0.15, 0.2) is 35.5 Å². The van der Waals surface area contributed by atoms with Gasteiger partial charge in [-0.2, -0.15) is 0 Å². The van der Waals surface area contributed by atoms with Crippen LogP contribution in [0.3, 0.4) is 0 Å². The first-order chi connectivity index (χ1) is 9.63. The Morgan fingerprint density at radius 3 is 2.55 bits per heavy atom. The molecule has 0 saturated carbocycles. The van der Waals surface area contributed by atoms with Crippen LogP contribution in [0.25, 0.3) is 0 Å². The molecular weight excluding hydrogens is 250 g/mol. The molecule has 0 saturated heterocycles. The van der Waals surface area contributed by atoms with Gasteiger partial charge in [-0.15, -0.1) is 0 Å². The van der Waals surface area contributed by atoms with Crippen molar-refractivity contribution in [1.29, 1.82) is 0 Å². The van der Waals surface area contributed by atoms with Gasteiger partial charge in [0.2, 0.25) is 0 Å². The monoisotopic (exact) mass is 277 g/mol. The van der Waals surface area contributed by atoms with Crippen molar-refractivity contribution in [2.24, 2.45) is 16.8 Å². The molecule has 1 atom stereocenters. The Morgan fingerprint density at radius 1 is 1.25 bits per heavy atom. The molecule has 0 aliphatic heterocycles. The number of nitrogens with two attached hydrogens (primary N) is 1. The molecule has 4 heteroatoms. The van der Waals surface area contributed by atoms with Crippen LogP contribution in [0, 0.1) is 5.92 Å². The molecule has 112 valence electrons. The predicted octanol–water partition coefficient (Wildman–Crippen LogP) is 3.28. The summed E-state index contributed by atoms with van der Waals surface area (Å²) in [6.07, 6.45) is 4.16. The zero-order valence-corrected chi connectivity index (χ0v) is 12.5. The van der Waals surface area contributed by atoms with Crippen LogP contribution in [-0.2, 0) is 0 Å². The molecule has 4 N–H and O–H groups in total. The number of oxime groups is 1. The standard InChI is InChI=1S/C16H27N3O/c1-13(2)8-6-7-11-18-15(12-16(17)19-20)14-9-4-3-5-10-14/h3-5,9-10,13,15,18,20H,6-8,11-12H2,1-2H3,(H2,17,19).